The van der Waals surface area contributed by atoms with Crippen LogP contribution in [0.1, 0.15) is 123 Å². The molecule has 8 aliphatic rings. The Balaban J connectivity index is 1.23. The van der Waals surface area contributed by atoms with Gasteiger partial charge in [-0.3, -0.25) is 9.59 Å². The summed E-state index contributed by atoms with van der Waals surface area (Å²) in [5.41, 5.74) is 4.19. The van der Waals surface area contributed by atoms with Gasteiger partial charge in [-0.2, -0.15) is 0 Å². The molecule has 1 amide bonds. The van der Waals surface area contributed by atoms with E-state index in [9.17, 15) is 45.3 Å². The number of carbonyl (C=O) groups excluding carboxylic acids is 1. The number of ether oxygens (including phenoxy) is 2. The molecular formula is C50H74N4O11. The van der Waals surface area contributed by atoms with Gasteiger partial charge >= 0.3 is 5.97 Å². The van der Waals surface area contributed by atoms with Crippen LogP contribution in [0.25, 0.3) is 0 Å². The highest BCUT2D eigenvalue weighted by atomic mass is 16.7. The number of amides is 1. The number of aromatic amines is 1. The van der Waals surface area contributed by atoms with Crippen molar-refractivity contribution in [2.75, 3.05) is 26.4 Å². The third-order valence-corrected chi connectivity index (χ3v) is 20.2. The molecule has 15 nitrogen and oxygen atoms in total. The number of nitrogens with one attached hydrogen (secondary N) is 2. The summed E-state index contributed by atoms with van der Waals surface area (Å²) in [6.45, 7) is 8.51. The number of aliphatic hydroxyl groups excluding tert-OH is 6. The van der Waals surface area contributed by atoms with E-state index in [1.165, 1.54) is 5.57 Å². The lowest BCUT2D eigenvalue weighted by atomic mass is 9.30. The molecule has 6 fully saturated rings. The molecule has 15 heteroatoms. The first-order chi connectivity index (χ1) is 30.9. The molecule has 20 unspecified atom stereocenters. The van der Waals surface area contributed by atoms with E-state index in [2.05, 4.69) is 54.0 Å². The Kier molecular flexibility index (Phi) is 12.3. The monoisotopic (exact) mass is 907 g/mol. The van der Waals surface area contributed by atoms with Gasteiger partial charge in [-0.1, -0.05) is 45.3 Å². The minimum absolute atomic E-state index is 0.00995. The molecule has 2 saturated heterocycles. The topological polar surface area (TPSA) is 261 Å². The SMILES string of the molecule is CC1(CO)CCC2(C(=O)O)CCC34CCC#CC(C5CC(=O)NC5C(CCCN)c5cnc[nH]5)C5C(O)C(OC6OCC(O)C(O)C6O)C(C)(CO)C6CCC3(C)C(CC=C4C2C1)C56C. The molecular weight excluding hydrogens is 833 g/mol. The number of nitrogens with two attached hydrogens (primary N) is 1. The van der Waals surface area contributed by atoms with Crippen LogP contribution in [0.4, 0.5) is 0 Å². The van der Waals surface area contributed by atoms with Crippen LogP contribution >= 0.6 is 0 Å². The van der Waals surface area contributed by atoms with E-state index < -0.39 is 87.1 Å². The number of rotatable bonds is 11. The first kappa shape index (κ1) is 47.2. The van der Waals surface area contributed by atoms with Gasteiger partial charge in [0.1, 0.15) is 18.3 Å². The maximum Gasteiger partial charge on any atom is 0.310 e. The number of H-pyrrole nitrogens is 1. The predicted octanol–water partition coefficient (Wildman–Crippen LogP) is 2.98. The number of hydrogen-bond donors (Lipinski definition) is 10. The number of carbonyl (C=O) groups is 2. The number of hydrogen-bond acceptors (Lipinski definition) is 12. The van der Waals surface area contributed by atoms with E-state index in [0.29, 0.717) is 70.8 Å². The van der Waals surface area contributed by atoms with Crippen LogP contribution in [0, 0.1) is 79.8 Å². The summed E-state index contributed by atoms with van der Waals surface area (Å²) in [5, 5.41) is 82.9. The van der Waals surface area contributed by atoms with Crippen molar-refractivity contribution >= 4 is 11.9 Å². The Morgan fingerprint density at radius 3 is 2.48 bits per heavy atom. The second-order valence-corrected chi connectivity index (χ2v) is 22.9. The maximum absolute atomic E-state index is 13.9. The molecule has 1 spiro atoms. The van der Waals surface area contributed by atoms with Crippen molar-refractivity contribution in [3.8, 4) is 11.8 Å². The van der Waals surface area contributed by atoms with Crippen molar-refractivity contribution in [1.29, 1.82) is 0 Å². The third kappa shape index (κ3) is 6.88. The Bertz CT molecular complexity index is 2060. The predicted molar refractivity (Wildman–Crippen MR) is 237 cm³/mol. The van der Waals surface area contributed by atoms with Crippen LogP contribution in [0.2, 0.25) is 0 Å². The number of aliphatic hydroxyl groups is 6. The first-order valence-electron chi connectivity index (χ1n) is 24.5. The van der Waals surface area contributed by atoms with E-state index in [-0.39, 0.29) is 67.8 Å². The van der Waals surface area contributed by atoms with Crippen molar-refractivity contribution in [2.45, 2.75) is 160 Å². The number of nitrogens with zero attached hydrogens (tertiary/aromatic N) is 1. The van der Waals surface area contributed by atoms with Crippen LogP contribution in [0.5, 0.6) is 0 Å². The second-order valence-electron chi connectivity index (χ2n) is 22.9. The Morgan fingerprint density at radius 2 is 1.78 bits per heavy atom. The zero-order valence-corrected chi connectivity index (χ0v) is 38.6. The van der Waals surface area contributed by atoms with Crippen LogP contribution in [0.15, 0.2) is 24.2 Å². The van der Waals surface area contributed by atoms with Gasteiger partial charge in [0.15, 0.2) is 6.29 Å². The highest BCUT2D eigenvalue weighted by Crippen LogP contribution is 2.78. The lowest BCUT2D eigenvalue weighted by Crippen LogP contribution is -2.73. The van der Waals surface area contributed by atoms with Crippen LogP contribution in [-0.4, -0.2) is 127 Å². The number of carboxylic acid groups (broad SMARTS) is 1. The van der Waals surface area contributed by atoms with E-state index in [1.54, 1.807) is 12.5 Å². The molecule has 9 rings (SSSR count). The molecule has 4 saturated carbocycles. The minimum Gasteiger partial charge on any atom is -0.481 e. The van der Waals surface area contributed by atoms with Crippen molar-refractivity contribution in [1.82, 2.24) is 15.3 Å². The summed E-state index contributed by atoms with van der Waals surface area (Å²) in [6.07, 6.45) is 5.25. The fourth-order valence-electron chi connectivity index (χ4n) is 16.8. The molecule has 11 N–H and O–H groups in total. The molecule has 20 atom stereocenters. The van der Waals surface area contributed by atoms with Gasteiger partial charge in [0.05, 0.1) is 37.2 Å². The molecule has 3 heterocycles. The normalized spacial score (nSPS) is 49.6. The molecule has 1 aromatic heterocycles. The number of imidazole rings is 1. The molecule has 2 aliphatic heterocycles. The second kappa shape index (κ2) is 16.9. The lowest BCUT2D eigenvalue weighted by molar-refractivity contribution is -0.343. The van der Waals surface area contributed by atoms with Crippen molar-refractivity contribution in [3.63, 3.8) is 0 Å². The third-order valence-electron chi connectivity index (χ3n) is 20.2. The largest absolute Gasteiger partial charge is 0.481 e. The zero-order valence-electron chi connectivity index (χ0n) is 38.6. The summed E-state index contributed by atoms with van der Waals surface area (Å²) in [4.78, 5) is 35.1. The summed E-state index contributed by atoms with van der Waals surface area (Å²) in [6, 6.07) is -0.384. The van der Waals surface area contributed by atoms with E-state index in [1.807, 2.05) is 6.92 Å². The summed E-state index contributed by atoms with van der Waals surface area (Å²) < 4.78 is 12.5. The fourth-order valence-corrected chi connectivity index (χ4v) is 16.8. The number of aromatic nitrogens is 2. The summed E-state index contributed by atoms with van der Waals surface area (Å²) in [7, 11) is 0. The Morgan fingerprint density at radius 1 is 1.02 bits per heavy atom. The van der Waals surface area contributed by atoms with Crippen molar-refractivity contribution < 1.29 is 54.8 Å². The Labute approximate surface area is 382 Å². The smallest absolute Gasteiger partial charge is 0.310 e. The van der Waals surface area contributed by atoms with E-state index in [0.717, 1.165) is 18.5 Å². The average molecular weight is 907 g/mol. The number of fused-ring (bicyclic) bond motifs is 2. The van der Waals surface area contributed by atoms with Crippen molar-refractivity contribution in [2.24, 2.45) is 73.7 Å². The van der Waals surface area contributed by atoms with E-state index in [4.69, 9.17) is 15.2 Å². The molecule has 65 heavy (non-hydrogen) atoms. The molecule has 360 valence electrons. The highest BCUT2D eigenvalue weighted by molar-refractivity contribution is 5.79. The lowest BCUT2D eigenvalue weighted by Gasteiger charge is -2.74. The number of carboxylic acids is 1. The van der Waals surface area contributed by atoms with Crippen LogP contribution in [-0.2, 0) is 19.1 Å². The zero-order chi connectivity index (χ0) is 46.5. The highest BCUT2D eigenvalue weighted by Gasteiger charge is 2.75. The standard InChI is InChI=1S/C50H74N4O11/c1-45(24-55)15-16-49(44(62)63)17-18-50-13-6-5-8-27(29-20-36(58)54-38(29)28(9-7-19-51)32-22-52-26-53-32)37-40(60)42(65-43-41(61)39(59)33(57)23-64-43)46(2,25-56)34-12-14-47(50,3)35(48(34,37)4)11-10-30(50)31(49)21-45/h10,22,26-29,31,33-35,37-43,55-57,59-61H,6-7,9,11-21,23-25,51H2,1-4H3,(H,52,53)(H,54,58)(H,62,63). The molecule has 6 aliphatic carbocycles. The van der Waals surface area contributed by atoms with Gasteiger partial charge in [-0.15, -0.1) is 5.92 Å². The molecule has 0 radical (unpaired) electrons. The van der Waals surface area contributed by atoms with Gasteiger partial charge in [-0.25, -0.2) is 4.98 Å². The molecule has 4 bridgehead atoms. The van der Waals surface area contributed by atoms with Crippen LogP contribution in [0.3, 0.4) is 0 Å². The molecule has 1 aromatic rings. The van der Waals surface area contributed by atoms with Gasteiger partial charge in [0.2, 0.25) is 5.91 Å². The summed E-state index contributed by atoms with van der Waals surface area (Å²) >= 11 is 0. The van der Waals surface area contributed by atoms with E-state index >= 15 is 0 Å². The number of aliphatic carboxylic acids is 1. The van der Waals surface area contributed by atoms with Crippen molar-refractivity contribution in [3.05, 3.63) is 29.9 Å². The van der Waals surface area contributed by atoms with Gasteiger partial charge in [0, 0.05) is 66.5 Å². The fraction of sp³-hybridized carbons (Fsp3) is 0.820. The maximum atomic E-state index is 13.9. The molecule has 0 aromatic carbocycles. The quantitative estimate of drug-likeness (QED) is 0.0872. The van der Waals surface area contributed by atoms with Crippen LogP contribution < -0.4 is 11.1 Å². The summed E-state index contributed by atoms with van der Waals surface area (Å²) in [5.74, 6) is 4.22. The van der Waals surface area contributed by atoms with Gasteiger partial charge < -0.3 is 61.3 Å². The number of allylic oxidation sites excluding steroid dienone is 2. The minimum atomic E-state index is -1.63. The Hall–Kier alpha value is -2.91. The van der Waals surface area contributed by atoms with Gasteiger partial charge in [-0.05, 0) is 117 Å². The first-order valence-corrected chi connectivity index (χ1v) is 24.5. The average Bonchev–Trinajstić information content (AvgIpc) is 3.96. The van der Waals surface area contributed by atoms with Gasteiger partial charge in [0.25, 0.3) is 0 Å².